The molecule has 0 radical (unpaired) electrons. The molecule has 13 heteroatoms. The van der Waals surface area contributed by atoms with Crippen LogP contribution in [0.4, 0.5) is 24.5 Å². The van der Waals surface area contributed by atoms with E-state index in [2.05, 4.69) is 10.3 Å². The topological polar surface area (TPSA) is 128 Å². The molecule has 3 rings (SSSR count). The number of carbonyl (C=O) groups excluding carboxylic acids is 2. The van der Waals surface area contributed by atoms with Crippen LogP contribution in [0.15, 0.2) is 41.3 Å². The highest BCUT2D eigenvalue weighted by molar-refractivity contribution is 7.91. The van der Waals surface area contributed by atoms with Gasteiger partial charge in [-0.3, -0.25) is 9.59 Å². The van der Waals surface area contributed by atoms with Gasteiger partial charge in [0.2, 0.25) is 0 Å². The lowest BCUT2D eigenvalue weighted by atomic mass is 10.2. The first-order valence-corrected chi connectivity index (χ1v) is 10.9. The number of halogens is 4. The molecule has 1 aromatic heterocycles. The smallest absolute Gasteiger partial charge is 0.471 e. The number of phenols is 1. The van der Waals surface area contributed by atoms with Crippen LogP contribution < -0.4 is 10.6 Å². The normalized spacial score (nSPS) is 12.0. The highest BCUT2D eigenvalue weighted by Crippen LogP contribution is 2.37. The van der Waals surface area contributed by atoms with Crippen molar-refractivity contribution in [3.63, 3.8) is 0 Å². The third-order valence-corrected chi connectivity index (χ3v) is 6.35. The van der Waals surface area contributed by atoms with Crippen LogP contribution in [0.5, 0.6) is 5.75 Å². The molecule has 170 valence electrons. The van der Waals surface area contributed by atoms with Crippen molar-refractivity contribution in [2.75, 3.05) is 16.4 Å². The number of H-pyrrole nitrogens is 1. The van der Waals surface area contributed by atoms with Gasteiger partial charge in [-0.05, 0) is 36.4 Å². The summed E-state index contributed by atoms with van der Waals surface area (Å²) in [7, 11) is -3.97. The van der Waals surface area contributed by atoms with E-state index in [1.165, 1.54) is 18.3 Å². The van der Waals surface area contributed by atoms with Gasteiger partial charge in [0, 0.05) is 15.9 Å². The molecule has 0 saturated heterocycles. The van der Waals surface area contributed by atoms with Gasteiger partial charge in [0.05, 0.1) is 22.0 Å². The zero-order chi connectivity index (χ0) is 23.8. The number of anilines is 2. The van der Waals surface area contributed by atoms with E-state index in [1.807, 2.05) is 0 Å². The number of nitrogens with one attached hydrogen (secondary N) is 3. The van der Waals surface area contributed by atoms with Crippen LogP contribution >= 0.6 is 11.6 Å². The van der Waals surface area contributed by atoms with Crippen LogP contribution in [0.1, 0.15) is 17.4 Å². The summed E-state index contributed by atoms with van der Waals surface area (Å²) in [5.74, 6) is -4.62. The lowest BCUT2D eigenvalue weighted by Crippen LogP contribution is -2.30. The maximum atomic E-state index is 12.6. The molecule has 0 spiro atoms. The largest absolute Gasteiger partial charge is 0.504 e. The minimum Gasteiger partial charge on any atom is -0.504 e. The summed E-state index contributed by atoms with van der Waals surface area (Å²) in [6, 6.07) is 7.79. The highest BCUT2D eigenvalue weighted by Gasteiger charge is 2.39. The fourth-order valence-electron chi connectivity index (χ4n) is 2.75. The fourth-order valence-corrected chi connectivity index (χ4v) is 3.86. The molecular formula is C19H15ClF3N3O5S. The van der Waals surface area contributed by atoms with Gasteiger partial charge in [0.1, 0.15) is 5.69 Å². The van der Waals surface area contributed by atoms with E-state index in [1.54, 1.807) is 18.2 Å². The van der Waals surface area contributed by atoms with E-state index < -0.39 is 55.6 Å². The van der Waals surface area contributed by atoms with E-state index in [0.717, 1.165) is 6.07 Å². The molecule has 2 amide bonds. The number of amides is 2. The molecule has 4 N–H and O–H groups in total. The average molecular weight is 490 g/mol. The number of hydrogen-bond acceptors (Lipinski definition) is 5. The van der Waals surface area contributed by atoms with E-state index in [4.69, 9.17) is 11.6 Å². The lowest BCUT2D eigenvalue weighted by Gasteiger charge is -2.15. The summed E-state index contributed by atoms with van der Waals surface area (Å²) in [5.41, 5.74) is -0.783. The summed E-state index contributed by atoms with van der Waals surface area (Å²) in [6.45, 7) is 1.30. The molecule has 0 saturated carbocycles. The molecule has 1 heterocycles. The van der Waals surface area contributed by atoms with Crippen molar-refractivity contribution < 1.29 is 36.3 Å². The van der Waals surface area contributed by atoms with Gasteiger partial charge in [0.15, 0.2) is 15.6 Å². The van der Waals surface area contributed by atoms with E-state index in [-0.39, 0.29) is 5.69 Å². The molecule has 0 aliphatic heterocycles. The molecule has 8 nitrogen and oxygen atoms in total. The number of aromatic nitrogens is 1. The number of aromatic amines is 1. The monoisotopic (exact) mass is 489 g/mol. The second kappa shape index (κ2) is 8.36. The van der Waals surface area contributed by atoms with Crippen molar-refractivity contribution in [2.24, 2.45) is 0 Å². The first kappa shape index (κ1) is 23.4. The number of hydrogen-bond donors (Lipinski definition) is 4. The highest BCUT2D eigenvalue weighted by atomic mass is 35.5. The predicted octanol–water partition coefficient (Wildman–Crippen LogP) is 4.07. The fraction of sp³-hybridized carbons (Fsp3) is 0.158. The van der Waals surface area contributed by atoms with Crippen LogP contribution in [0, 0.1) is 0 Å². The van der Waals surface area contributed by atoms with Crippen molar-refractivity contribution in [3.05, 3.63) is 47.1 Å². The van der Waals surface area contributed by atoms with E-state index >= 15 is 0 Å². The number of sulfone groups is 1. The number of fused-ring (bicyclic) bond motifs is 1. The molecule has 2 aromatic carbocycles. The predicted molar refractivity (Wildman–Crippen MR) is 112 cm³/mol. The van der Waals surface area contributed by atoms with Crippen LogP contribution in [0.25, 0.3) is 10.9 Å². The number of phenolic OH excluding ortho intramolecular Hbond substituents is 1. The van der Waals surface area contributed by atoms with Crippen molar-refractivity contribution in [1.82, 2.24) is 4.98 Å². The van der Waals surface area contributed by atoms with Gasteiger partial charge in [0.25, 0.3) is 5.91 Å². The molecular weight excluding hydrogens is 475 g/mol. The van der Waals surface area contributed by atoms with Gasteiger partial charge < -0.3 is 20.7 Å². The third-order valence-electron chi connectivity index (χ3n) is 4.40. The zero-order valence-corrected chi connectivity index (χ0v) is 17.7. The molecule has 3 aromatic rings. The van der Waals surface area contributed by atoms with Crippen molar-refractivity contribution >= 4 is 55.5 Å². The Balaban J connectivity index is 2.03. The average Bonchev–Trinajstić information content (AvgIpc) is 3.13. The minimum absolute atomic E-state index is 0.00583. The summed E-state index contributed by atoms with van der Waals surface area (Å²) >= 11 is 5.90. The lowest BCUT2D eigenvalue weighted by molar-refractivity contribution is -0.167. The minimum atomic E-state index is -5.29. The van der Waals surface area contributed by atoms with Crippen LogP contribution in [-0.4, -0.2) is 42.3 Å². The number of rotatable bonds is 5. The quantitative estimate of drug-likeness (QED) is 0.401. The van der Waals surface area contributed by atoms with Crippen molar-refractivity contribution in [2.45, 2.75) is 18.0 Å². The zero-order valence-electron chi connectivity index (χ0n) is 16.2. The molecule has 0 atom stereocenters. The Bertz CT molecular complexity index is 1340. The third kappa shape index (κ3) is 4.81. The van der Waals surface area contributed by atoms with Gasteiger partial charge in [-0.15, -0.1) is 0 Å². The van der Waals surface area contributed by atoms with Gasteiger partial charge in [-0.2, -0.15) is 13.2 Å². The van der Waals surface area contributed by atoms with E-state index in [9.17, 15) is 36.3 Å². The number of aromatic hydroxyl groups is 1. The Morgan fingerprint density at radius 2 is 1.72 bits per heavy atom. The Morgan fingerprint density at radius 3 is 2.31 bits per heavy atom. The van der Waals surface area contributed by atoms with Crippen LogP contribution in [0.3, 0.4) is 0 Å². The standard InChI is InChI=1S/C19H15ClF3N3O5S/c1-2-32(30,31)11-7-13(16(27)14(8-11)26-18(29)19(21,22)23)25-17(28)15-6-9-5-10(20)3-4-12(9)24-15/h3-8,24,27H,2H2,1H3,(H,25,28)(H,26,29). The Labute approximate surface area is 184 Å². The molecule has 0 fully saturated rings. The van der Waals surface area contributed by atoms with E-state index in [0.29, 0.717) is 22.0 Å². The summed E-state index contributed by atoms with van der Waals surface area (Å²) in [5, 5.41) is 15.0. The molecule has 0 aliphatic carbocycles. The summed E-state index contributed by atoms with van der Waals surface area (Å²) in [4.78, 5) is 26.2. The van der Waals surface area contributed by atoms with Crippen LogP contribution in [-0.2, 0) is 14.6 Å². The maximum absolute atomic E-state index is 12.6. The number of alkyl halides is 3. The maximum Gasteiger partial charge on any atom is 0.471 e. The van der Waals surface area contributed by atoms with Gasteiger partial charge >= 0.3 is 12.1 Å². The first-order valence-electron chi connectivity index (χ1n) is 8.89. The van der Waals surface area contributed by atoms with Crippen molar-refractivity contribution in [1.29, 1.82) is 0 Å². The summed E-state index contributed by atoms with van der Waals surface area (Å²) < 4.78 is 62.4. The van der Waals surface area contributed by atoms with Gasteiger partial charge in [-0.1, -0.05) is 18.5 Å². The first-order chi connectivity index (χ1) is 14.8. The van der Waals surface area contributed by atoms with Gasteiger partial charge in [-0.25, -0.2) is 8.42 Å². The summed E-state index contributed by atoms with van der Waals surface area (Å²) in [6.07, 6.45) is -5.29. The molecule has 0 aliphatic rings. The Morgan fingerprint density at radius 1 is 1.09 bits per heavy atom. The van der Waals surface area contributed by atoms with Crippen molar-refractivity contribution in [3.8, 4) is 5.75 Å². The molecule has 0 bridgehead atoms. The van der Waals surface area contributed by atoms with Crippen LogP contribution in [0.2, 0.25) is 5.02 Å². The molecule has 32 heavy (non-hydrogen) atoms. The Kier molecular flexibility index (Phi) is 6.11. The number of carbonyl (C=O) groups is 2. The second-order valence-corrected chi connectivity index (χ2v) is 9.31. The Hall–Kier alpha value is -3.25. The molecule has 0 unspecified atom stereocenters. The SMILES string of the molecule is CCS(=O)(=O)c1cc(NC(=O)c2cc3cc(Cl)ccc3[nH]2)c(O)c(NC(=O)C(F)(F)F)c1. The second-order valence-electron chi connectivity index (χ2n) is 6.59. The number of benzene rings is 2.